The van der Waals surface area contributed by atoms with Gasteiger partial charge in [0.1, 0.15) is 0 Å². The Hall–Kier alpha value is -1.38. The highest BCUT2D eigenvalue weighted by atomic mass is 79.9. The summed E-state index contributed by atoms with van der Waals surface area (Å²) in [5, 5.41) is 8.90. The van der Waals surface area contributed by atoms with Gasteiger partial charge in [0, 0.05) is 30.7 Å². The molecule has 5 heteroatoms. The quantitative estimate of drug-likeness (QED) is 0.849. The monoisotopic (exact) mass is 335 g/mol. The molecule has 20 heavy (non-hydrogen) atoms. The van der Waals surface area contributed by atoms with Crippen LogP contribution in [0.2, 0.25) is 0 Å². The number of hydrogen-bond acceptors (Lipinski definition) is 3. The molecule has 1 aromatic rings. The van der Waals surface area contributed by atoms with Crippen LogP contribution in [0.25, 0.3) is 0 Å². The number of piperazine rings is 1. The van der Waals surface area contributed by atoms with Crippen LogP contribution in [0, 0.1) is 11.3 Å². The third-order valence-corrected chi connectivity index (χ3v) is 4.20. The molecule has 4 nitrogen and oxygen atoms in total. The van der Waals surface area contributed by atoms with E-state index in [-0.39, 0.29) is 11.9 Å². The fourth-order valence-electron chi connectivity index (χ4n) is 2.33. The molecule has 1 heterocycles. The second-order valence-electron chi connectivity index (χ2n) is 5.03. The van der Waals surface area contributed by atoms with Crippen LogP contribution in [0.4, 0.5) is 0 Å². The molecular weight excluding hydrogens is 318 g/mol. The van der Waals surface area contributed by atoms with E-state index in [1.165, 1.54) is 0 Å². The number of rotatable bonds is 3. The molecule has 106 valence electrons. The molecule has 0 saturated carbocycles. The van der Waals surface area contributed by atoms with Gasteiger partial charge in [0.25, 0.3) is 0 Å². The number of halogens is 1. The molecule has 1 fully saturated rings. The molecule has 1 aliphatic heterocycles. The van der Waals surface area contributed by atoms with E-state index in [1.54, 1.807) is 0 Å². The lowest BCUT2D eigenvalue weighted by molar-refractivity contribution is -0.132. The molecule has 0 aromatic heterocycles. The highest BCUT2D eigenvalue weighted by Crippen LogP contribution is 2.13. The lowest BCUT2D eigenvalue weighted by atomic mass is 10.1. The summed E-state index contributed by atoms with van der Waals surface area (Å²) in [5.41, 5.74) is 1.03. The standard InChI is InChI=1S/C15H18BrN3O/c1-12(11-17)18-6-8-19(9-7-18)15(20)10-13-2-4-14(16)5-3-13/h2-5,12H,6-10H2,1H3. The van der Waals surface area contributed by atoms with Crippen LogP contribution in [0.1, 0.15) is 12.5 Å². The maximum atomic E-state index is 12.2. The molecule has 1 amide bonds. The van der Waals surface area contributed by atoms with Gasteiger partial charge in [-0.2, -0.15) is 5.26 Å². The second kappa shape index (κ2) is 6.87. The number of carbonyl (C=O) groups is 1. The van der Waals surface area contributed by atoms with Crippen LogP contribution in [-0.4, -0.2) is 47.9 Å². The SMILES string of the molecule is CC(C#N)N1CCN(C(=O)Cc2ccc(Br)cc2)CC1. The molecule has 1 aliphatic rings. The van der Waals surface area contributed by atoms with E-state index >= 15 is 0 Å². The van der Waals surface area contributed by atoms with Gasteiger partial charge in [0.15, 0.2) is 0 Å². The van der Waals surface area contributed by atoms with Crippen molar-refractivity contribution < 1.29 is 4.79 Å². The Balaban J connectivity index is 1.86. The van der Waals surface area contributed by atoms with E-state index in [0.29, 0.717) is 19.5 Å². The summed E-state index contributed by atoms with van der Waals surface area (Å²) >= 11 is 3.39. The Morgan fingerprint density at radius 1 is 1.30 bits per heavy atom. The molecule has 1 aromatic carbocycles. The number of carbonyl (C=O) groups excluding carboxylic acids is 1. The van der Waals surface area contributed by atoms with E-state index in [9.17, 15) is 4.79 Å². The van der Waals surface area contributed by atoms with E-state index in [0.717, 1.165) is 23.1 Å². The fraction of sp³-hybridized carbons (Fsp3) is 0.467. The minimum atomic E-state index is -0.0706. The number of benzene rings is 1. The number of nitriles is 1. The van der Waals surface area contributed by atoms with Crippen molar-refractivity contribution in [1.29, 1.82) is 5.26 Å². The molecule has 1 saturated heterocycles. The topological polar surface area (TPSA) is 47.3 Å². The molecular formula is C15H18BrN3O. The van der Waals surface area contributed by atoms with Crippen molar-refractivity contribution in [3.05, 3.63) is 34.3 Å². The van der Waals surface area contributed by atoms with Crippen molar-refractivity contribution in [3.63, 3.8) is 0 Å². The molecule has 0 radical (unpaired) electrons. The minimum Gasteiger partial charge on any atom is -0.340 e. The first kappa shape index (κ1) is 15.0. The largest absolute Gasteiger partial charge is 0.340 e. The van der Waals surface area contributed by atoms with Gasteiger partial charge in [0.05, 0.1) is 18.5 Å². The lowest BCUT2D eigenvalue weighted by Crippen LogP contribution is -2.51. The van der Waals surface area contributed by atoms with Crippen LogP contribution in [0.15, 0.2) is 28.7 Å². The van der Waals surface area contributed by atoms with Gasteiger partial charge in [-0.05, 0) is 24.6 Å². The zero-order chi connectivity index (χ0) is 14.5. The smallest absolute Gasteiger partial charge is 0.227 e. The fourth-order valence-corrected chi connectivity index (χ4v) is 2.59. The van der Waals surface area contributed by atoms with Gasteiger partial charge >= 0.3 is 0 Å². The summed E-state index contributed by atoms with van der Waals surface area (Å²) in [7, 11) is 0. The third-order valence-electron chi connectivity index (χ3n) is 3.67. The van der Waals surface area contributed by atoms with Crippen molar-refractivity contribution in [2.24, 2.45) is 0 Å². The van der Waals surface area contributed by atoms with Crippen molar-refractivity contribution >= 4 is 21.8 Å². The zero-order valence-corrected chi connectivity index (χ0v) is 13.1. The van der Waals surface area contributed by atoms with Crippen molar-refractivity contribution in [2.75, 3.05) is 26.2 Å². The van der Waals surface area contributed by atoms with E-state index in [4.69, 9.17) is 5.26 Å². The van der Waals surface area contributed by atoms with Crippen LogP contribution in [0.5, 0.6) is 0 Å². The number of amides is 1. The molecule has 0 N–H and O–H groups in total. The molecule has 0 bridgehead atoms. The molecule has 0 spiro atoms. The molecule has 1 unspecified atom stereocenters. The summed E-state index contributed by atoms with van der Waals surface area (Å²) in [5.74, 6) is 0.164. The predicted octanol–water partition coefficient (Wildman–Crippen LogP) is 2.05. The van der Waals surface area contributed by atoms with Gasteiger partial charge in [0.2, 0.25) is 5.91 Å². The Morgan fingerprint density at radius 2 is 1.90 bits per heavy atom. The van der Waals surface area contributed by atoms with Gasteiger partial charge in [-0.15, -0.1) is 0 Å². The first-order valence-corrected chi connectivity index (χ1v) is 7.55. The average molecular weight is 336 g/mol. The van der Waals surface area contributed by atoms with Crippen molar-refractivity contribution in [3.8, 4) is 6.07 Å². The Kier molecular flexibility index (Phi) is 5.16. The first-order chi connectivity index (χ1) is 9.60. The summed E-state index contributed by atoms with van der Waals surface area (Å²) in [6.45, 7) is 4.88. The first-order valence-electron chi connectivity index (χ1n) is 6.76. The third kappa shape index (κ3) is 3.81. The summed E-state index contributed by atoms with van der Waals surface area (Å²) < 4.78 is 1.02. The lowest BCUT2D eigenvalue weighted by Gasteiger charge is -2.36. The summed E-state index contributed by atoms with van der Waals surface area (Å²) in [4.78, 5) is 16.2. The van der Waals surface area contributed by atoms with E-state index < -0.39 is 0 Å². The van der Waals surface area contributed by atoms with E-state index in [1.807, 2.05) is 36.1 Å². The molecule has 1 atom stereocenters. The number of hydrogen-bond donors (Lipinski definition) is 0. The molecule has 2 rings (SSSR count). The highest BCUT2D eigenvalue weighted by molar-refractivity contribution is 9.10. The Morgan fingerprint density at radius 3 is 2.45 bits per heavy atom. The van der Waals surface area contributed by atoms with Gasteiger partial charge in [-0.1, -0.05) is 28.1 Å². The Labute approximate surface area is 128 Å². The van der Waals surface area contributed by atoms with Crippen molar-refractivity contribution in [1.82, 2.24) is 9.80 Å². The average Bonchev–Trinajstić information content (AvgIpc) is 2.49. The second-order valence-corrected chi connectivity index (χ2v) is 5.94. The van der Waals surface area contributed by atoms with Gasteiger partial charge in [-0.25, -0.2) is 0 Å². The molecule has 0 aliphatic carbocycles. The zero-order valence-electron chi connectivity index (χ0n) is 11.6. The maximum absolute atomic E-state index is 12.2. The summed E-state index contributed by atoms with van der Waals surface area (Å²) in [6, 6.07) is 10.0. The van der Waals surface area contributed by atoms with Crippen LogP contribution >= 0.6 is 15.9 Å². The minimum absolute atomic E-state index is 0.0706. The predicted molar refractivity (Wildman–Crippen MR) is 81.1 cm³/mol. The highest BCUT2D eigenvalue weighted by Gasteiger charge is 2.23. The summed E-state index contributed by atoms with van der Waals surface area (Å²) in [6.07, 6.45) is 0.446. The van der Waals surface area contributed by atoms with Crippen molar-refractivity contribution in [2.45, 2.75) is 19.4 Å². The Bertz CT molecular complexity index is 501. The maximum Gasteiger partial charge on any atom is 0.227 e. The van der Waals surface area contributed by atoms with Gasteiger partial charge in [-0.3, -0.25) is 9.69 Å². The van der Waals surface area contributed by atoms with Crippen LogP contribution < -0.4 is 0 Å². The van der Waals surface area contributed by atoms with Gasteiger partial charge < -0.3 is 4.90 Å². The normalized spacial score (nSPS) is 17.6. The van der Waals surface area contributed by atoms with Crippen LogP contribution in [0.3, 0.4) is 0 Å². The van der Waals surface area contributed by atoms with Crippen LogP contribution in [-0.2, 0) is 11.2 Å². The number of nitrogens with zero attached hydrogens (tertiary/aromatic N) is 3. The van der Waals surface area contributed by atoms with E-state index in [2.05, 4.69) is 26.9 Å².